The van der Waals surface area contributed by atoms with Crippen molar-refractivity contribution >= 4 is 9.84 Å². The predicted octanol–water partition coefficient (Wildman–Crippen LogP) is 3.58. The normalized spacial score (nSPS) is 11.8. The maximum absolute atomic E-state index is 11.6. The lowest BCUT2D eigenvalue weighted by Crippen LogP contribution is -1.99. The van der Waals surface area contributed by atoms with Gasteiger partial charge in [-0.1, -0.05) is 32.0 Å². The smallest absolute Gasteiger partial charge is 0.175 e. The number of rotatable bonds is 3. The Kier molecular flexibility index (Phi) is 3.95. The molecule has 0 spiro atoms. The number of nitrogens with zero attached hydrogens (tertiary/aromatic N) is 1. The van der Waals surface area contributed by atoms with E-state index in [4.69, 9.17) is 0 Å². The quantitative estimate of drug-likeness (QED) is 0.867. The Labute approximate surface area is 120 Å². The molecular weight excluding hydrogens is 270 g/mol. The molecular formula is C16H19NO2S. The highest BCUT2D eigenvalue weighted by Gasteiger charge is 2.10. The first kappa shape index (κ1) is 14.7. The van der Waals surface area contributed by atoms with E-state index in [0.29, 0.717) is 10.8 Å². The number of sulfone groups is 1. The molecule has 0 amide bonds. The Hall–Kier alpha value is -1.68. The first-order chi connectivity index (χ1) is 9.29. The van der Waals surface area contributed by atoms with Gasteiger partial charge in [-0.15, -0.1) is 0 Å². The fraction of sp³-hybridized carbons (Fsp3) is 0.312. The third-order valence-electron chi connectivity index (χ3n) is 3.31. The second-order valence-corrected chi connectivity index (χ2v) is 7.34. The van der Waals surface area contributed by atoms with Crippen LogP contribution in [0.1, 0.15) is 31.0 Å². The first-order valence-corrected chi connectivity index (χ1v) is 8.46. The Morgan fingerprint density at radius 3 is 2.35 bits per heavy atom. The Morgan fingerprint density at radius 1 is 1.10 bits per heavy atom. The van der Waals surface area contributed by atoms with Crippen LogP contribution in [0.15, 0.2) is 41.3 Å². The summed E-state index contributed by atoms with van der Waals surface area (Å²) in [7, 11) is -3.19. The van der Waals surface area contributed by atoms with E-state index >= 15 is 0 Å². The lowest BCUT2D eigenvalue weighted by molar-refractivity contribution is 0.602. The summed E-state index contributed by atoms with van der Waals surface area (Å²) in [6.45, 7) is 6.25. The Bertz CT molecular complexity index is 734. The third kappa shape index (κ3) is 3.07. The van der Waals surface area contributed by atoms with E-state index in [1.54, 1.807) is 18.2 Å². The van der Waals surface area contributed by atoms with Gasteiger partial charge in [-0.05, 0) is 36.6 Å². The molecule has 3 nitrogen and oxygen atoms in total. The molecule has 1 aromatic carbocycles. The van der Waals surface area contributed by atoms with E-state index in [-0.39, 0.29) is 0 Å². The molecule has 0 saturated heterocycles. The van der Waals surface area contributed by atoms with E-state index in [2.05, 4.69) is 24.9 Å². The van der Waals surface area contributed by atoms with Crippen molar-refractivity contribution in [2.24, 2.45) is 0 Å². The molecule has 2 aromatic rings. The molecule has 0 aliphatic heterocycles. The van der Waals surface area contributed by atoms with Crippen LogP contribution in [0, 0.1) is 6.92 Å². The van der Waals surface area contributed by atoms with Crippen LogP contribution in [-0.2, 0) is 9.84 Å². The summed E-state index contributed by atoms with van der Waals surface area (Å²) < 4.78 is 23.2. The minimum Gasteiger partial charge on any atom is -0.253 e. The van der Waals surface area contributed by atoms with Crippen LogP contribution in [-0.4, -0.2) is 19.7 Å². The lowest BCUT2D eigenvalue weighted by atomic mass is 10.0. The highest BCUT2D eigenvalue weighted by molar-refractivity contribution is 7.90. The molecule has 0 aliphatic rings. The maximum Gasteiger partial charge on any atom is 0.175 e. The van der Waals surface area contributed by atoms with Crippen LogP contribution in [0.3, 0.4) is 0 Å². The van der Waals surface area contributed by atoms with Gasteiger partial charge in [0.25, 0.3) is 0 Å². The van der Waals surface area contributed by atoms with Gasteiger partial charge in [-0.25, -0.2) is 8.42 Å². The largest absolute Gasteiger partial charge is 0.253 e. The van der Waals surface area contributed by atoms with E-state index < -0.39 is 9.84 Å². The summed E-state index contributed by atoms with van der Waals surface area (Å²) >= 11 is 0. The molecule has 106 valence electrons. The van der Waals surface area contributed by atoms with Crippen molar-refractivity contribution in [2.75, 3.05) is 6.26 Å². The maximum atomic E-state index is 11.6. The molecule has 0 radical (unpaired) electrons. The average molecular weight is 289 g/mol. The zero-order valence-corrected chi connectivity index (χ0v) is 13.0. The van der Waals surface area contributed by atoms with Crippen molar-refractivity contribution in [3.63, 3.8) is 0 Å². The van der Waals surface area contributed by atoms with Crippen molar-refractivity contribution in [3.05, 3.63) is 47.7 Å². The minimum atomic E-state index is -3.19. The molecule has 0 aliphatic carbocycles. The van der Waals surface area contributed by atoms with Gasteiger partial charge in [0.05, 0.1) is 10.6 Å². The van der Waals surface area contributed by atoms with Gasteiger partial charge in [0.1, 0.15) is 0 Å². The van der Waals surface area contributed by atoms with Gasteiger partial charge < -0.3 is 0 Å². The molecule has 0 atom stereocenters. The molecule has 0 fully saturated rings. The van der Waals surface area contributed by atoms with Crippen molar-refractivity contribution in [1.82, 2.24) is 4.98 Å². The summed E-state index contributed by atoms with van der Waals surface area (Å²) in [6, 6.07) is 10.9. The zero-order valence-electron chi connectivity index (χ0n) is 12.2. The second-order valence-electron chi connectivity index (χ2n) is 5.33. The van der Waals surface area contributed by atoms with Crippen LogP contribution in [0.5, 0.6) is 0 Å². The number of benzene rings is 1. The number of aryl methyl sites for hydroxylation is 1. The number of hydrogen-bond acceptors (Lipinski definition) is 3. The zero-order chi connectivity index (χ0) is 14.9. The SMILES string of the molecule is Cc1nc(-c2cccc(S(C)(=O)=O)c2)ccc1C(C)C. The van der Waals surface area contributed by atoms with Crippen LogP contribution in [0.2, 0.25) is 0 Å². The molecule has 1 heterocycles. The standard InChI is InChI=1S/C16H19NO2S/c1-11(2)15-8-9-16(17-12(15)3)13-6-5-7-14(10-13)20(4,18)19/h5-11H,1-4H3. The molecule has 0 saturated carbocycles. The van der Waals surface area contributed by atoms with Crippen molar-refractivity contribution in [3.8, 4) is 11.3 Å². The summed E-state index contributed by atoms with van der Waals surface area (Å²) in [5, 5.41) is 0. The van der Waals surface area contributed by atoms with Gasteiger partial charge in [-0.3, -0.25) is 4.98 Å². The number of pyridine rings is 1. The highest BCUT2D eigenvalue weighted by Crippen LogP contribution is 2.24. The molecule has 1 aromatic heterocycles. The summed E-state index contributed by atoms with van der Waals surface area (Å²) in [5.41, 5.74) is 3.83. The molecule has 2 rings (SSSR count). The fourth-order valence-corrected chi connectivity index (χ4v) is 2.90. The second kappa shape index (κ2) is 5.37. The molecule has 0 N–H and O–H groups in total. The summed E-state index contributed by atoms with van der Waals surface area (Å²) in [5.74, 6) is 0.430. The molecule has 4 heteroatoms. The fourth-order valence-electron chi connectivity index (χ4n) is 2.23. The van der Waals surface area contributed by atoms with Crippen molar-refractivity contribution in [1.29, 1.82) is 0 Å². The van der Waals surface area contributed by atoms with Crippen molar-refractivity contribution < 1.29 is 8.42 Å². The summed E-state index contributed by atoms with van der Waals surface area (Å²) in [6.07, 6.45) is 1.21. The monoisotopic (exact) mass is 289 g/mol. The molecule has 20 heavy (non-hydrogen) atoms. The Morgan fingerprint density at radius 2 is 1.80 bits per heavy atom. The third-order valence-corrected chi connectivity index (χ3v) is 4.42. The first-order valence-electron chi connectivity index (χ1n) is 6.57. The van der Waals surface area contributed by atoms with Gasteiger partial charge in [-0.2, -0.15) is 0 Å². The van der Waals surface area contributed by atoms with Crippen LogP contribution in [0.25, 0.3) is 11.3 Å². The van der Waals surface area contributed by atoms with E-state index in [9.17, 15) is 8.42 Å². The number of hydrogen-bond donors (Lipinski definition) is 0. The minimum absolute atomic E-state index is 0.322. The van der Waals surface area contributed by atoms with E-state index in [1.165, 1.54) is 11.8 Å². The predicted molar refractivity (Wildman–Crippen MR) is 81.6 cm³/mol. The van der Waals surface area contributed by atoms with Gasteiger partial charge in [0, 0.05) is 17.5 Å². The number of aromatic nitrogens is 1. The van der Waals surface area contributed by atoms with Gasteiger partial charge in [0.2, 0.25) is 0 Å². The topological polar surface area (TPSA) is 47.0 Å². The average Bonchev–Trinajstić information content (AvgIpc) is 2.37. The Balaban J connectivity index is 2.50. The van der Waals surface area contributed by atoms with E-state index in [1.807, 2.05) is 19.1 Å². The van der Waals surface area contributed by atoms with Gasteiger partial charge >= 0.3 is 0 Å². The lowest BCUT2D eigenvalue weighted by Gasteiger charge is -2.11. The van der Waals surface area contributed by atoms with Crippen LogP contribution >= 0.6 is 0 Å². The van der Waals surface area contributed by atoms with Crippen LogP contribution < -0.4 is 0 Å². The van der Waals surface area contributed by atoms with E-state index in [0.717, 1.165) is 17.0 Å². The molecule has 0 unspecified atom stereocenters. The highest BCUT2D eigenvalue weighted by atomic mass is 32.2. The van der Waals surface area contributed by atoms with Crippen molar-refractivity contribution in [2.45, 2.75) is 31.6 Å². The van der Waals surface area contributed by atoms with Gasteiger partial charge in [0.15, 0.2) is 9.84 Å². The molecule has 0 bridgehead atoms. The van der Waals surface area contributed by atoms with Crippen LogP contribution in [0.4, 0.5) is 0 Å². The summed E-state index contributed by atoms with van der Waals surface area (Å²) in [4.78, 5) is 4.91.